The molecule has 0 radical (unpaired) electrons. The SMILES string of the molecule is Cc1cc2c(ccc3c2sc2ncnc(-c4cc(C(C)(C)C)c5ccccc5c4)c23)s1. The smallest absolute Gasteiger partial charge is 0.128 e. The van der Waals surface area contributed by atoms with Crippen LogP contribution in [-0.4, -0.2) is 9.97 Å². The maximum absolute atomic E-state index is 4.81. The molecule has 0 fully saturated rings. The third kappa shape index (κ3) is 2.89. The third-order valence-corrected chi connectivity index (χ3v) is 8.16. The number of hydrogen-bond donors (Lipinski definition) is 0. The molecule has 0 atom stereocenters. The van der Waals surface area contributed by atoms with Gasteiger partial charge in [-0.1, -0.05) is 51.1 Å². The molecule has 3 aromatic heterocycles. The zero-order valence-electron chi connectivity index (χ0n) is 18.0. The highest BCUT2D eigenvalue weighted by atomic mass is 32.1. The first-order valence-electron chi connectivity index (χ1n) is 10.5. The van der Waals surface area contributed by atoms with E-state index < -0.39 is 0 Å². The van der Waals surface area contributed by atoms with Gasteiger partial charge in [0.05, 0.1) is 5.69 Å². The lowest BCUT2D eigenvalue weighted by Gasteiger charge is -2.22. The number of aromatic nitrogens is 2. The van der Waals surface area contributed by atoms with Crippen LogP contribution >= 0.6 is 22.7 Å². The number of aryl methyl sites for hydroxylation is 1. The van der Waals surface area contributed by atoms with Gasteiger partial charge < -0.3 is 0 Å². The molecule has 152 valence electrons. The summed E-state index contributed by atoms with van der Waals surface area (Å²) in [6.07, 6.45) is 1.72. The second-order valence-corrected chi connectivity index (χ2v) is 11.5. The van der Waals surface area contributed by atoms with Crippen molar-refractivity contribution >= 4 is 63.8 Å². The number of benzene rings is 3. The van der Waals surface area contributed by atoms with Crippen molar-refractivity contribution in [2.24, 2.45) is 0 Å². The van der Waals surface area contributed by atoms with E-state index in [1.165, 1.54) is 46.8 Å². The number of rotatable bonds is 1. The van der Waals surface area contributed by atoms with Crippen molar-refractivity contribution in [3.63, 3.8) is 0 Å². The maximum atomic E-state index is 4.81. The fourth-order valence-electron chi connectivity index (χ4n) is 4.59. The first-order chi connectivity index (χ1) is 14.9. The van der Waals surface area contributed by atoms with Crippen LogP contribution in [0.4, 0.5) is 0 Å². The zero-order valence-corrected chi connectivity index (χ0v) is 19.6. The molecule has 0 saturated carbocycles. The predicted octanol–water partition coefficient (Wildman–Crippen LogP) is 8.49. The minimum absolute atomic E-state index is 0.0405. The molecular formula is C27H22N2S2. The average Bonchev–Trinajstić information content (AvgIpc) is 3.31. The highest BCUT2D eigenvalue weighted by Crippen LogP contribution is 2.44. The molecule has 6 aromatic rings. The molecule has 0 amide bonds. The second-order valence-electron chi connectivity index (χ2n) is 9.21. The topological polar surface area (TPSA) is 25.8 Å². The summed E-state index contributed by atoms with van der Waals surface area (Å²) in [5, 5.41) is 6.33. The summed E-state index contributed by atoms with van der Waals surface area (Å²) < 4.78 is 2.65. The van der Waals surface area contributed by atoms with Gasteiger partial charge in [0.2, 0.25) is 0 Å². The molecule has 3 heterocycles. The van der Waals surface area contributed by atoms with E-state index in [9.17, 15) is 0 Å². The lowest BCUT2D eigenvalue weighted by Crippen LogP contribution is -2.12. The van der Waals surface area contributed by atoms with Crippen LogP contribution in [0.5, 0.6) is 0 Å². The monoisotopic (exact) mass is 438 g/mol. The molecule has 0 aliphatic heterocycles. The first-order valence-corrected chi connectivity index (χ1v) is 12.1. The first kappa shape index (κ1) is 18.9. The van der Waals surface area contributed by atoms with Crippen molar-refractivity contribution in [1.82, 2.24) is 9.97 Å². The number of hydrogen-bond acceptors (Lipinski definition) is 4. The zero-order chi connectivity index (χ0) is 21.3. The summed E-state index contributed by atoms with van der Waals surface area (Å²) >= 11 is 3.64. The van der Waals surface area contributed by atoms with Crippen molar-refractivity contribution in [2.45, 2.75) is 33.1 Å². The van der Waals surface area contributed by atoms with E-state index in [1.54, 1.807) is 17.7 Å². The average molecular weight is 439 g/mol. The van der Waals surface area contributed by atoms with Crippen molar-refractivity contribution in [3.05, 3.63) is 71.4 Å². The molecule has 0 saturated heterocycles. The predicted molar refractivity (Wildman–Crippen MR) is 137 cm³/mol. The fourth-order valence-corrected chi connectivity index (χ4v) is 6.75. The molecule has 0 unspecified atom stereocenters. The molecule has 31 heavy (non-hydrogen) atoms. The molecule has 2 nitrogen and oxygen atoms in total. The Morgan fingerprint density at radius 2 is 1.65 bits per heavy atom. The van der Waals surface area contributed by atoms with E-state index in [4.69, 9.17) is 4.98 Å². The van der Waals surface area contributed by atoms with Gasteiger partial charge in [-0.25, -0.2) is 9.97 Å². The standard InChI is InChI=1S/C27H22N2S2/c1-15-11-20-22(30-15)10-9-19-23-24(28-14-29-26(23)31-25(19)20)17-12-16-7-5-6-8-18(16)21(13-17)27(2,3)4/h5-14H,1-4H3. The maximum Gasteiger partial charge on any atom is 0.128 e. The summed E-state index contributed by atoms with van der Waals surface area (Å²) in [5.41, 5.74) is 3.58. The number of nitrogens with zero attached hydrogens (tertiary/aromatic N) is 2. The molecular weight excluding hydrogens is 416 g/mol. The normalized spacial score (nSPS) is 12.5. The minimum Gasteiger partial charge on any atom is -0.236 e. The fraction of sp³-hybridized carbons (Fsp3) is 0.185. The van der Waals surface area contributed by atoms with Gasteiger partial charge in [0.15, 0.2) is 0 Å². The van der Waals surface area contributed by atoms with E-state index in [2.05, 4.69) is 87.3 Å². The van der Waals surface area contributed by atoms with Gasteiger partial charge in [-0.15, -0.1) is 22.7 Å². The highest BCUT2D eigenvalue weighted by molar-refractivity contribution is 7.27. The van der Waals surface area contributed by atoms with Crippen LogP contribution in [0.25, 0.3) is 52.4 Å². The molecule has 6 rings (SSSR count). The van der Waals surface area contributed by atoms with Crippen LogP contribution in [0.15, 0.2) is 60.9 Å². The molecule has 4 heteroatoms. The lowest BCUT2D eigenvalue weighted by molar-refractivity contribution is 0.596. The molecule has 0 aliphatic carbocycles. The summed E-state index contributed by atoms with van der Waals surface area (Å²) in [6, 6.07) is 20.1. The Kier molecular flexibility index (Phi) is 4.02. The summed E-state index contributed by atoms with van der Waals surface area (Å²) in [7, 11) is 0. The van der Waals surface area contributed by atoms with Gasteiger partial charge in [0, 0.05) is 36.0 Å². The number of fused-ring (bicyclic) bond motifs is 6. The third-order valence-electron chi connectivity index (χ3n) is 6.00. The summed E-state index contributed by atoms with van der Waals surface area (Å²) in [5.74, 6) is 0. The molecule has 3 aromatic carbocycles. The minimum atomic E-state index is 0.0405. The van der Waals surface area contributed by atoms with Crippen LogP contribution in [0.2, 0.25) is 0 Å². The van der Waals surface area contributed by atoms with Crippen molar-refractivity contribution < 1.29 is 0 Å². The molecule has 0 spiro atoms. The van der Waals surface area contributed by atoms with E-state index in [-0.39, 0.29) is 5.41 Å². The molecule has 0 aliphatic rings. The lowest BCUT2D eigenvalue weighted by atomic mass is 9.82. The molecule has 0 bridgehead atoms. The Morgan fingerprint density at radius 1 is 0.806 bits per heavy atom. The quantitative estimate of drug-likeness (QED) is 0.257. The largest absolute Gasteiger partial charge is 0.236 e. The number of thiophene rings is 2. The summed E-state index contributed by atoms with van der Waals surface area (Å²) in [4.78, 5) is 11.9. The van der Waals surface area contributed by atoms with E-state index in [0.717, 1.165) is 16.1 Å². The van der Waals surface area contributed by atoms with Gasteiger partial charge in [-0.05, 0) is 52.9 Å². The van der Waals surface area contributed by atoms with Crippen molar-refractivity contribution in [3.8, 4) is 11.3 Å². The van der Waals surface area contributed by atoms with Gasteiger partial charge in [-0.2, -0.15) is 0 Å². The Bertz CT molecular complexity index is 1630. The van der Waals surface area contributed by atoms with Crippen LogP contribution in [-0.2, 0) is 5.41 Å². The Morgan fingerprint density at radius 3 is 2.48 bits per heavy atom. The Labute approximate surface area is 189 Å². The van der Waals surface area contributed by atoms with Crippen LogP contribution in [0.1, 0.15) is 31.2 Å². The van der Waals surface area contributed by atoms with Crippen molar-refractivity contribution in [1.29, 1.82) is 0 Å². The van der Waals surface area contributed by atoms with Gasteiger partial charge in [0.1, 0.15) is 11.2 Å². The highest BCUT2D eigenvalue weighted by Gasteiger charge is 2.21. The molecule has 0 N–H and O–H groups in total. The van der Waals surface area contributed by atoms with E-state index in [0.29, 0.717) is 0 Å². The van der Waals surface area contributed by atoms with Gasteiger partial charge >= 0.3 is 0 Å². The van der Waals surface area contributed by atoms with Crippen LogP contribution < -0.4 is 0 Å². The van der Waals surface area contributed by atoms with Crippen LogP contribution in [0.3, 0.4) is 0 Å². The van der Waals surface area contributed by atoms with Gasteiger partial charge in [0.25, 0.3) is 0 Å². The second kappa shape index (κ2) is 6.59. The van der Waals surface area contributed by atoms with E-state index in [1.807, 2.05) is 11.3 Å². The van der Waals surface area contributed by atoms with E-state index >= 15 is 0 Å². The van der Waals surface area contributed by atoms with Gasteiger partial charge in [-0.3, -0.25) is 0 Å². The van der Waals surface area contributed by atoms with Crippen molar-refractivity contribution in [2.75, 3.05) is 0 Å². The Balaban J connectivity index is 1.72. The summed E-state index contributed by atoms with van der Waals surface area (Å²) in [6.45, 7) is 9.02. The Hall–Kier alpha value is -2.82. The van der Waals surface area contributed by atoms with Crippen LogP contribution in [0, 0.1) is 6.92 Å².